The minimum Gasteiger partial charge on any atom is -0.263 e. The summed E-state index contributed by atoms with van der Waals surface area (Å²) in [5.41, 5.74) is 0.0278. The van der Waals surface area contributed by atoms with E-state index in [2.05, 4.69) is 9.71 Å². The summed E-state index contributed by atoms with van der Waals surface area (Å²) in [6.07, 6.45) is 2.45. The highest BCUT2D eigenvalue weighted by molar-refractivity contribution is 7.89. The fourth-order valence-corrected chi connectivity index (χ4v) is 3.43. The lowest BCUT2D eigenvalue weighted by Gasteiger charge is -2.15. The SMILES string of the molecule is CC(NS(=O)(=O)c1cnccc1Cl)c1ccc(F)cc1F. The highest BCUT2D eigenvalue weighted by Crippen LogP contribution is 2.23. The summed E-state index contributed by atoms with van der Waals surface area (Å²) in [5.74, 6) is -1.57. The van der Waals surface area contributed by atoms with Crippen LogP contribution in [0, 0.1) is 11.6 Å². The van der Waals surface area contributed by atoms with E-state index in [0.717, 1.165) is 12.3 Å². The smallest absolute Gasteiger partial charge is 0.244 e. The molecule has 2 rings (SSSR count). The molecular weight excluding hydrogens is 322 g/mol. The molecule has 1 unspecified atom stereocenters. The summed E-state index contributed by atoms with van der Waals surface area (Å²) in [7, 11) is -3.97. The third-order valence-electron chi connectivity index (χ3n) is 2.78. The number of halogens is 3. The fraction of sp³-hybridized carbons (Fsp3) is 0.154. The second kappa shape index (κ2) is 6.05. The molecule has 0 saturated heterocycles. The summed E-state index contributed by atoms with van der Waals surface area (Å²) in [6, 6.07) is 3.37. The number of rotatable bonds is 4. The first kappa shape index (κ1) is 15.8. The number of aromatic nitrogens is 1. The number of nitrogens with one attached hydrogen (secondary N) is 1. The quantitative estimate of drug-likeness (QED) is 0.936. The molecule has 1 aromatic heterocycles. The zero-order chi connectivity index (χ0) is 15.6. The van der Waals surface area contributed by atoms with E-state index in [-0.39, 0.29) is 15.5 Å². The lowest BCUT2D eigenvalue weighted by Crippen LogP contribution is -2.27. The summed E-state index contributed by atoms with van der Waals surface area (Å²) >= 11 is 5.81. The molecule has 0 spiro atoms. The Labute approximate surface area is 125 Å². The van der Waals surface area contributed by atoms with Gasteiger partial charge in [-0.15, -0.1) is 0 Å². The topological polar surface area (TPSA) is 59.1 Å². The number of hydrogen-bond donors (Lipinski definition) is 1. The van der Waals surface area contributed by atoms with Crippen LogP contribution in [0.3, 0.4) is 0 Å². The average molecular weight is 333 g/mol. The molecule has 0 aliphatic heterocycles. The second-order valence-electron chi connectivity index (χ2n) is 4.31. The average Bonchev–Trinajstić information content (AvgIpc) is 2.38. The van der Waals surface area contributed by atoms with E-state index in [1.165, 1.54) is 25.3 Å². The van der Waals surface area contributed by atoms with Crippen LogP contribution in [0.5, 0.6) is 0 Å². The van der Waals surface area contributed by atoms with Crippen molar-refractivity contribution in [2.75, 3.05) is 0 Å². The molecule has 0 radical (unpaired) electrons. The van der Waals surface area contributed by atoms with Gasteiger partial charge in [0, 0.05) is 30.1 Å². The summed E-state index contributed by atoms with van der Waals surface area (Å²) in [6.45, 7) is 1.44. The van der Waals surface area contributed by atoms with Crippen LogP contribution in [0.4, 0.5) is 8.78 Å². The molecule has 8 heteroatoms. The molecule has 0 aliphatic carbocycles. The molecule has 0 bridgehead atoms. The van der Waals surface area contributed by atoms with Crippen LogP contribution in [-0.4, -0.2) is 13.4 Å². The third kappa shape index (κ3) is 3.55. The monoisotopic (exact) mass is 332 g/mol. The van der Waals surface area contributed by atoms with E-state index in [1.807, 2.05) is 0 Å². The summed E-state index contributed by atoms with van der Waals surface area (Å²) in [5, 5.41) is 0.00396. The van der Waals surface area contributed by atoms with Gasteiger partial charge >= 0.3 is 0 Å². The first-order valence-corrected chi connectivity index (χ1v) is 7.74. The predicted octanol–water partition coefficient (Wildman–Crippen LogP) is 3.05. The van der Waals surface area contributed by atoms with Gasteiger partial charge in [-0.1, -0.05) is 17.7 Å². The molecule has 112 valence electrons. The number of pyridine rings is 1. The minimum atomic E-state index is -3.97. The highest BCUT2D eigenvalue weighted by Gasteiger charge is 2.22. The highest BCUT2D eigenvalue weighted by atomic mass is 35.5. The molecule has 1 heterocycles. The maximum atomic E-state index is 13.6. The lowest BCUT2D eigenvalue weighted by molar-refractivity contribution is 0.540. The van der Waals surface area contributed by atoms with E-state index in [0.29, 0.717) is 6.07 Å². The van der Waals surface area contributed by atoms with Crippen LogP contribution in [-0.2, 0) is 10.0 Å². The summed E-state index contributed by atoms with van der Waals surface area (Å²) in [4.78, 5) is 3.49. The Morgan fingerprint density at radius 1 is 1.29 bits per heavy atom. The maximum Gasteiger partial charge on any atom is 0.244 e. The van der Waals surface area contributed by atoms with Crippen molar-refractivity contribution in [1.29, 1.82) is 0 Å². The lowest BCUT2D eigenvalue weighted by atomic mass is 10.1. The van der Waals surface area contributed by atoms with Crippen molar-refractivity contribution in [2.24, 2.45) is 0 Å². The van der Waals surface area contributed by atoms with Crippen LogP contribution in [0.1, 0.15) is 18.5 Å². The molecule has 1 N–H and O–H groups in total. The van der Waals surface area contributed by atoms with Gasteiger partial charge in [0.05, 0.1) is 5.02 Å². The van der Waals surface area contributed by atoms with Crippen molar-refractivity contribution >= 4 is 21.6 Å². The Hall–Kier alpha value is -1.57. The standard InChI is InChI=1S/C13H11ClF2N2O2S/c1-8(10-3-2-9(15)6-12(10)16)18-21(19,20)13-7-17-5-4-11(13)14/h2-8,18H,1H3. The molecule has 0 amide bonds. The largest absolute Gasteiger partial charge is 0.263 e. The molecule has 4 nitrogen and oxygen atoms in total. The van der Waals surface area contributed by atoms with E-state index in [4.69, 9.17) is 11.6 Å². The molecule has 2 aromatic rings. The van der Waals surface area contributed by atoms with Crippen molar-refractivity contribution in [3.8, 4) is 0 Å². The Morgan fingerprint density at radius 2 is 2.00 bits per heavy atom. The predicted molar refractivity (Wildman–Crippen MR) is 74.3 cm³/mol. The van der Waals surface area contributed by atoms with Crippen LogP contribution < -0.4 is 4.72 Å². The van der Waals surface area contributed by atoms with Crippen molar-refractivity contribution in [2.45, 2.75) is 17.9 Å². The molecule has 0 saturated carbocycles. The van der Waals surface area contributed by atoms with Gasteiger partial charge in [-0.2, -0.15) is 0 Å². The maximum absolute atomic E-state index is 13.6. The van der Waals surface area contributed by atoms with Crippen molar-refractivity contribution in [3.05, 3.63) is 58.9 Å². The number of benzene rings is 1. The first-order valence-electron chi connectivity index (χ1n) is 5.88. The minimum absolute atomic E-state index is 0.00396. The van der Waals surface area contributed by atoms with Gasteiger partial charge < -0.3 is 0 Å². The zero-order valence-corrected chi connectivity index (χ0v) is 12.4. The number of sulfonamides is 1. The normalized spacial score (nSPS) is 13.1. The van der Waals surface area contributed by atoms with E-state index in [9.17, 15) is 17.2 Å². The molecule has 0 aliphatic rings. The fourth-order valence-electron chi connectivity index (χ4n) is 1.77. The van der Waals surface area contributed by atoms with Gasteiger partial charge in [-0.3, -0.25) is 4.98 Å². The van der Waals surface area contributed by atoms with Crippen LogP contribution in [0.25, 0.3) is 0 Å². The number of hydrogen-bond acceptors (Lipinski definition) is 3. The molecule has 1 atom stereocenters. The molecular formula is C13H11ClF2N2O2S. The van der Waals surface area contributed by atoms with Gasteiger partial charge in [0.25, 0.3) is 0 Å². The Morgan fingerprint density at radius 3 is 2.62 bits per heavy atom. The van der Waals surface area contributed by atoms with Gasteiger partial charge in [-0.25, -0.2) is 21.9 Å². The van der Waals surface area contributed by atoms with E-state index >= 15 is 0 Å². The van der Waals surface area contributed by atoms with Crippen LogP contribution in [0.2, 0.25) is 5.02 Å². The number of nitrogens with zero attached hydrogens (tertiary/aromatic N) is 1. The van der Waals surface area contributed by atoms with E-state index < -0.39 is 27.7 Å². The Bertz CT molecular complexity index is 769. The zero-order valence-electron chi connectivity index (χ0n) is 10.8. The molecule has 1 aromatic carbocycles. The van der Waals surface area contributed by atoms with Crippen LogP contribution in [0.15, 0.2) is 41.6 Å². The van der Waals surface area contributed by atoms with Crippen molar-refractivity contribution in [1.82, 2.24) is 9.71 Å². The van der Waals surface area contributed by atoms with Gasteiger partial charge in [0.1, 0.15) is 16.5 Å². The molecule has 21 heavy (non-hydrogen) atoms. The van der Waals surface area contributed by atoms with Gasteiger partial charge in [0.15, 0.2) is 0 Å². The Kier molecular flexibility index (Phi) is 4.55. The van der Waals surface area contributed by atoms with Crippen molar-refractivity contribution in [3.63, 3.8) is 0 Å². The summed E-state index contributed by atoms with van der Waals surface area (Å²) < 4.78 is 53.1. The molecule has 0 fully saturated rings. The van der Waals surface area contributed by atoms with Gasteiger partial charge in [-0.05, 0) is 19.1 Å². The third-order valence-corrected chi connectivity index (χ3v) is 4.79. The van der Waals surface area contributed by atoms with E-state index in [1.54, 1.807) is 0 Å². The Balaban J connectivity index is 2.30. The van der Waals surface area contributed by atoms with Crippen molar-refractivity contribution < 1.29 is 17.2 Å². The van der Waals surface area contributed by atoms with Crippen LogP contribution >= 0.6 is 11.6 Å². The second-order valence-corrected chi connectivity index (χ2v) is 6.40. The van der Waals surface area contributed by atoms with Gasteiger partial charge in [0.2, 0.25) is 10.0 Å². The first-order chi connectivity index (χ1) is 9.81.